The van der Waals surface area contributed by atoms with E-state index in [1.807, 2.05) is 0 Å². The SMILES string of the molecule is CC(C)C1NC2(CCOC2)OCC1(C)C. The molecule has 0 aromatic carbocycles. The first-order valence-corrected chi connectivity index (χ1v) is 5.95. The highest BCUT2D eigenvalue weighted by Gasteiger charge is 2.47. The van der Waals surface area contributed by atoms with Crippen molar-refractivity contribution >= 4 is 0 Å². The summed E-state index contributed by atoms with van der Waals surface area (Å²) in [5, 5.41) is 3.67. The van der Waals surface area contributed by atoms with Crippen molar-refractivity contribution in [1.29, 1.82) is 0 Å². The lowest BCUT2D eigenvalue weighted by Gasteiger charge is -2.49. The Morgan fingerprint density at radius 1 is 1.27 bits per heavy atom. The zero-order chi connectivity index (χ0) is 11.1. The highest BCUT2D eigenvalue weighted by molar-refractivity contribution is 4.98. The lowest BCUT2D eigenvalue weighted by atomic mass is 9.77. The van der Waals surface area contributed by atoms with Gasteiger partial charge in [0, 0.05) is 17.9 Å². The number of nitrogens with one attached hydrogen (secondary N) is 1. The lowest BCUT2D eigenvalue weighted by Crippen LogP contribution is -2.65. The summed E-state index contributed by atoms with van der Waals surface area (Å²) in [5.41, 5.74) is 0.0203. The number of ether oxygens (including phenoxy) is 2. The molecule has 1 N–H and O–H groups in total. The van der Waals surface area contributed by atoms with Gasteiger partial charge in [0.15, 0.2) is 0 Å². The molecule has 2 atom stereocenters. The zero-order valence-corrected chi connectivity index (χ0v) is 10.3. The molecule has 2 saturated heterocycles. The Hall–Kier alpha value is -0.120. The molecule has 2 rings (SSSR count). The van der Waals surface area contributed by atoms with Gasteiger partial charge in [0.25, 0.3) is 0 Å². The molecule has 0 bridgehead atoms. The van der Waals surface area contributed by atoms with Crippen molar-refractivity contribution in [3.63, 3.8) is 0 Å². The van der Waals surface area contributed by atoms with Gasteiger partial charge in [-0.25, -0.2) is 0 Å². The molecule has 88 valence electrons. The van der Waals surface area contributed by atoms with Crippen LogP contribution in [0.15, 0.2) is 0 Å². The Labute approximate surface area is 92.5 Å². The lowest BCUT2D eigenvalue weighted by molar-refractivity contribution is -0.163. The van der Waals surface area contributed by atoms with Gasteiger partial charge >= 0.3 is 0 Å². The first kappa shape index (κ1) is 11.4. The topological polar surface area (TPSA) is 30.5 Å². The maximum atomic E-state index is 5.99. The van der Waals surface area contributed by atoms with Gasteiger partial charge in [-0.15, -0.1) is 0 Å². The van der Waals surface area contributed by atoms with E-state index >= 15 is 0 Å². The summed E-state index contributed by atoms with van der Waals surface area (Å²) in [7, 11) is 0. The van der Waals surface area contributed by atoms with Gasteiger partial charge < -0.3 is 9.47 Å². The average molecular weight is 213 g/mol. The van der Waals surface area contributed by atoms with E-state index in [9.17, 15) is 0 Å². The minimum Gasteiger partial charge on any atom is -0.377 e. The molecule has 2 aliphatic heterocycles. The van der Waals surface area contributed by atoms with Crippen molar-refractivity contribution in [3.05, 3.63) is 0 Å². The quantitative estimate of drug-likeness (QED) is 0.720. The number of hydrogen-bond acceptors (Lipinski definition) is 3. The van der Waals surface area contributed by atoms with Gasteiger partial charge in [0.05, 0.1) is 19.8 Å². The molecular weight excluding hydrogens is 190 g/mol. The van der Waals surface area contributed by atoms with Gasteiger partial charge in [-0.05, 0) is 5.92 Å². The van der Waals surface area contributed by atoms with Crippen LogP contribution in [0.5, 0.6) is 0 Å². The van der Waals surface area contributed by atoms with Crippen molar-refractivity contribution in [1.82, 2.24) is 5.32 Å². The maximum Gasteiger partial charge on any atom is 0.145 e. The van der Waals surface area contributed by atoms with E-state index in [-0.39, 0.29) is 11.1 Å². The molecule has 3 nitrogen and oxygen atoms in total. The van der Waals surface area contributed by atoms with Crippen molar-refractivity contribution in [2.24, 2.45) is 11.3 Å². The zero-order valence-electron chi connectivity index (χ0n) is 10.3. The van der Waals surface area contributed by atoms with Crippen molar-refractivity contribution in [3.8, 4) is 0 Å². The van der Waals surface area contributed by atoms with Gasteiger partial charge in [0.2, 0.25) is 0 Å². The molecule has 2 heterocycles. The van der Waals surface area contributed by atoms with E-state index in [2.05, 4.69) is 33.0 Å². The highest BCUT2D eigenvalue weighted by Crippen LogP contribution is 2.36. The summed E-state index contributed by atoms with van der Waals surface area (Å²) in [4.78, 5) is 0. The van der Waals surface area contributed by atoms with E-state index in [1.165, 1.54) is 0 Å². The Morgan fingerprint density at radius 2 is 2.00 bits per heavy atom. The molecule has 2 fully saturated rings. The molecule has 0 saturated carbocycles. The summed E-state index contributed by atoms with van der Waals surface area (Å²) in [6.07, 6.45) is 0.978. The monoisotopic (exact) mass is 213 g/mol. The minimum absolute atomic E-state index is 0.190. The van der Waals surface area contributed by atoms with Gasteiger partial charge in [-0.3, -0.25) is 5.32 Å². The van der Waals surface area contributed by atoms with E-state index < -0.39 is 0 Å². The predicted octanol–water partition coefficient (Wildman–Crippen LogP) is 1.77. The molecule has 0 aromatic rings. The molecule has 2 aliphatic rings. The van der Waals surface area contributed by atoms with E-state index in [1.54, 1.807) is 0 Å². The van der Waals surface area contributed by atoms with Crippen LogP contribution in [0.2, 0.25) is 0 Å². The molecule has 3 heteroatoms. The number of hydrogen-bond donors (Lipinski definition) is 1. The summed E-state index contributed by atoms with van der Waals surface area (Å²) in [6.45, 7) is 11.4. The molecule has 0 aliphatic carbocycles. The minimum atomic E-state index is -0.190. The molecular formula is C12H23NO2. The van der Waals surface area contributed by atoms with Gasteiger partial charge in [-0.1, -0.05) is 27.7 Å². The molecule has 2 unspecified atom stereocenters. The Morgan fingerprint density at radius 3 is 2.53 bits per heavy atom. The molecule has 0 aromatic heterocycles. The standard InChI is InChI=1S/C12H23NO2/c1-9(2)10-11(3,4)7-15-12(13-10)5-6-14-8-12/h9-10,13H,5-8H2,1-4H3. The largest absolute Gasteiger partial charge is 0.377 e. The summed E-state index contributed by atoms with van der Waals surface area (Å²) >= 11 is 0. The van der Waals surface area contributed by atoms with Gasteiger partial charge in [0.1, 0.15) is 5.72 Å². The maximum absolute atomic E-state index is 5.99. The third-order valence-corrected chi connectivity index (χ3v) is 3.63. The first-order chi connectivity index (χ1) is 6.95. The van der Waals surface area contributed by atoms with Crippen LogP contribution in [0.3, 0.4) is 0 Å². The van der Waals surface area contributed by atoms with Crippen LogP contribution in [-0.4, -0.2) is 31.6 Å². The van der Waals surface area contributed by atoms with Crippen LogP contribution in [-0.2, 0) is 9.47 Å². The fourth-order valence-corrected chi connectivity index (χ4v) is 2.78. The van der Waals surface area contributed by atoms with E-state index in [4.69, 9.17) is 9.47 Å². The van der Waals surface area contributed by atoms with Crippen LogP contribution in [0, 0.1) is 11.3 Å². The van der Waals surface area contributed by atoms with Crippen molar-refractivity contribution in [2.45, 2.75) is 45.9 Å². The van der Waals surface area contributed by atoms with Crippen LogP contribution >= 0.6 is 0 Å². The van der Waals surface area contributed by atoms with E-state index in [0.29, 0.717) is 18.6 Å². The normalized spacial score (nSPS) is 40.2. The molecule has 1 spiro atoms. The second kappa shape index (κ2) is 3.72. The number of rotatable bonds is 1. The van der Waals surface area contributed by atoms with Crippen LogP contribution in [0.1, 0.15) is 34.1 Å². The van der Waals surface area contributed by atoms with Crippen LogP contribution in [0.4, 0.5) is 0 Å². The van der Waals surface area contributed by atoms with Crippen LogP contribution in [0.25, 0.3) is 0 Å². The fourth-order valence-electron chi connectivity index (χ4n) is 2.78. The Kier molecular flexibility index (Phi) is 2.82. The Balaban J connectivity index is 2.12. The smallest absolute Gasteiger partial charge is 0.145 e. The third-order valence-electron chi connectivity index (χ3n) is 3.63. The molecule has 0 amide bonds. The highest BCUT2D eigenvalue weighted by atomic mass is 16.6. The first-order valence-electron chi connectivity index (χ1n) is 5.95. The molecule has 15 heavy (non-hydrogen) atoms. The summed E-state index contributed by atoms with van der Waals surface area (Å²) < 4.78 is 11.4. The summed E-state index contributed by atoms with van der Waals surface area (Å²) in [6, 6.07) is 0.507. The second-order valence-electron chi connectivity index (χ2n) is 5.94. The third kappa shape index (κ3) is 2.05. The molecule has 0 radical (unpaired) electrons. The fraction of sp³-hybridized carbons (Fsp3) is 1.00. The van der Waals surface area contributed by atoms with E-state index in [0.717, 1.165) is 19.6 Å². The van der Waals surface area contributed by atoms with Gasteiger partial charge in [-0.2, -0.15) is 0 Å². The second-order valence-corrected chi connectivity index (χ2v) is 5.94. The Bertz CT molecular complexity index is 232. The summed E-state index contributed by atoms with van der Waals surface area (Å²) in [5.74, 6) is 0.626. The van der Waals surface area contributed by atoms with Crippen molar-refractivity contribution in [2.75, 3.05) is 19.8 Å². The van der Waals surface area contributed by atoms with Crippen molar-refractivity contribution < 1.29 is 9.47 Å². The predicted molar refractivity (Wildman–Crippen MR) is 59.7 cm³/mol. The average Bonchev–Trinajstić information content (AvgIpc) is 2.59. The van der Waals surface area contributed by atoms with Crippen LogP contribution < -0.4 is 5.32 Å².